The lowest BCUT2D eigenvalue weighted by molar-refractivity contribution is -0.137. The molecule has 0 saturated carbocycles. The van der Waals surface area contributed by atoms with Gasteiger partial charge in [-0.05, 0) is 52.9 Å². The molecule has 132 valence electrons. The number of nitrogens with one attached hydrogen (secondary N) is 1. The second-order valence-corrected chi connectivity index (χ2v) is 6.34. The maximum Gasteiger partial charge on any atom is 0.417 e. The van der Waals surface area contributed by atoms with E-state index in [-0.39, 0.29) is 16.4 Å². The standard InChI is InChI=1S/C15H9ClF3IN2O3/c16-11-5-9(15(17,18)19)6-21-13(11)22-12(23)7-25-14(24)8-1-3-10(20)4-2-8/h1-6H,7H2,(H,21,22,23). The molecule has 0 spiro atoms. The van der Waals surface area contributed by atoms with E-state index in [1.807, 2.05) is 0 Å². The lowest BCUT2D eigenvalue weighted by atomic mass is 10.2. The summed E-state index contributed by atoms with van der Waals surface area (Å²) in [5.74, 6) is -1.75. The van der Waals surface area contributed by atoms with Gasteiger partial charge in [-0.2, -0.15) is 13.2 Å². The summed E-state index contributed by atoms with van der Waals surface area (Å²) in [4.78, 5) is 26.9. The molecule has 1 aromatic heterocycles. The van der Waals surface area contributed by atoms with Gasteiger partial charge in [-0.1, -0.05) is 11.6 Å². The van der Waals surface area contributed by atoms with Crippen LogP contribution in [0, 0.1) is 3.57 Å². The van der Waals surface area contributed by atoms with Crippen LogP contribution in [0.15, 0.2) is 36.5 Å². The van der Waals surface area contributed by atoms with Gasteiger partial charge < -0.3 is 10.1 Å². The number of esters is 1. The minimum atomic E-state index is -4.60. The Labute approximate surface area is 158 Å². The molecular weight excluding hydrogens is 476 g/mol. The molecule has 1 heterocycles. The number of anilines is 1. The van der Waals surface area contributed by atoms with E-state index in [0.29, 0.717) is 12.3 Å². The summed E-state index contributed by atoms with van der Waals surface area (Å²) in [7, 11) is 0. The monoisotopic (exact) mass is 484 g/mol. The van der Waals surface area contributed by atoms with Gasteiger partial charge in [0, 0.05) is 9.77 Å². The third kappa shape index (κ3) is 5.56. The summed E-state index contributed by atoms with van der Waals surface area (Å²) in [6.45, 7) is -0.635. The molecule has 0 aliphatic carbocycles. The Balaban J connectivity index is 1.94. The van der Waals surface area contributed by atoms with Crippen molar-refractivity contribution in [2.75, 3.05) is 11.9 Å². The molecule has 2 aromatic rings. The van der Waals surface area contributed by atoms with E-state index in [1.165, 1.54) is 12.1 Å². The van der Waals surface area contributed by atoms with Gasteiger partial charge in [0.2, 0.25) is 0 Å². The molecule has 0 aliphatic rings. The second-order valence-electron chi connectivity index (χ2n) is 4.68. The van der Waals surface area contributed by atoms with Gasteiger partial charge >= 0.3 is 12.1 Å². The average Bonchev–Trinajstić information content (AvgIpc) is 2.54. The number of hydrogen-bond acceptors (Lipinski definition) is 4. The molecule has 1 amide bonds. The predicted molar refractivity (Wildman–Crippen MR) is 92.3 cm³/mol. The van der Waals surface area contributed by atoms with Crippen LogP contribution in [0.25, 0.3) is 0 Å². The van der Waals surface area contributed by atoms with Gasteiger partial charge in [0.15, 0.2) is 12.4 Å². The van der Waals surface area contributed by atoms with Crippen LogP contribution >= 0.6 is 34.2 Å². The molecule has 0 fully saturated rings. The van der Waals surface area contributed by atoms with Crippen molar-refractivity contribution in [1.82, 2.24) is 4.98 Å². The topological polar surface area (TPSA) is 68.3 Å². The van der Waals surface area contributed by atoms with E-state index in [2.05, 4.69) is 32.9 Å². The third-order valence-corrected chi connectivity index (χ3v) is 3.85. The third-order valence-electron chi connectivity index (χ3n) is 2.84. The maximum atomic E-state index is 12.5. The van der Waals surface area contributed by atoms with Gasteiger partial charge in [0.05, 0.1) is 16.1 Å². The van der Waals surface area contributed by atoms with Crippen LogP contribution < -0.4 is 5.32 Å². The van der Waals surface area contributed by atoms with Gasteiger partial charge in [-0.15, -0.1) is 0 Å². The van der Waals surface area contributed by atoms with Crippen molar-refractivity contribution in [3.63, 3.8) is 0 Å². The number of carbonyl (C=O) groups excluding carboxylic acids is 2. The molecule has 0 aliphatic heterocycles. The number of ether oxygens (including phenoxy) is 1. The predicted octanol–water partition coefficient (Wildman–Crippen LogP) is 4.15. The highest BCUT2D eigenvalue weighted by Crippen LogP contribution is 2.32. The number of hydrogen-bond donors (Lipinski definition) is 1. The van der Waals surface area contributed by atoms with Gasteiger partial charge in [0.1, 0.15) is 0 Å². The lowest BCUT2D eigenvalue weighted by Crippen LogP contribution is -2.22. The van der Waals surface area contributed by atoms with Crippen molar-refractivity contribution in [3.05, 3.63) is 56.2 Å². The Hall–Kier alpha value is -1.88. The minimum Gasteiger partial charge on any atom is -0.452 e. The maximum absolute atomic E-state index is 12.5. The van der Waals surface area contributed by atoms with Crippen molar-refractivity contribution >= 4 is 51.9 Å². The zero-order valence-electron chi connectivity index (χ0n) is 12.2. The van der Waals surface area contributed by atoms with Crippen LogP contribution in [0.4, 0.5) is 19.0 Å². The number of alkyl halides is 3. The number of rotatable bonds is 4. The van der Waals surface area contributed by atoms with E-state index in [0.717, 1.165) is 3.57 Å². The summed E-state index contributed by atoms with van der Waals surface area (Å²) in [5.41, 5.74) is -0.778. The Morgan fingerprint density at radius 2 is 1.88 bits per heavy atom. The number of carbonyl (C=O) groups is 2. The fourth-order valence-corrected chi connectivity index (χ4v) is 2.23. The van der Waals surface area contributed by atoms with Crippen LogP contribution in [-0.2, 0) is 15.7 Å². The molecule has 0 unspecified atom stereocenters. The molecule has 0 atom stereocenters. The van der Waals surface area contributed by atoms with Crippen LogP contribution in [-0.4, -0.2) is 23.5 Å². The van der Waals surface area contributed by atoms with Crippen molar-refractivity contribution in [3.8, 4) is 0 Å². The SMILES string of the molecule is O=C(COC(=O)c1ccc(I)cc1)Nc1ncc(C(F)(F)F)cc1Cl. The normalized spacial score (nSPS) is 11.1. The Morgan fingerprint density at radius 1 is 1.24 bits per heavy atom. The van der Waals surface area contributed by atoms with Crippen LogP contribution in [0.2, 0.25) is 5.02 Å². The van der Waals surface area contributed by atoms with Crippen LogP contribution in [0.1, 0.15) is 15.9 Å². The summed E-state index contributed by atoms with van der Waals surface area (Å²) >= 11 is 7.74. The Morgan fingerprint density at radius 3 is 2.44 bits per heavy atom. The minimum absolute atomic E-state index is 0.259. The summed E-state index contributed by atoms with van der Waals surface area (Å²) in [6.07, 6.45) is -4.05. The summed E-state index contributed by atoms with van der Waals surface area (Å²) in [5, 5.41) is 1.79. The summed E-state index contributed by atoms with van der Waals surface area (Å²) < 4.78 is 43.3. The zero-order valence-corrected chi connectivity index (χ0v) is 15.1. The molecule has 2 rings (SSSR count). The summed E-state index contributed by atoms with van der Waals surface area (Å²) in [6, 6.07) is 7.11. The Bertz CT molecular complexity index is 798. The number of aromatic nitrogens is 1. The van der Waals surface area contributed by atoms with E-state index >= 15 is 0 Å². The highest BCUT2D eigenvalue weighted by atomic mass is 127. The van der Waals surface area contributed by atoms with Crippen molar-refractivity contribution < 1.29 is 27.5 Å². The smallest absolute Gasteiger partial charge is 0.417 e. The average molecular weight is 485 g/mol. The highest BCUT2D eigenvalue weighted by Gasteiger charge is 2.31. The van der Waals surface area contributed by atoms with E-state index < -0.39 is 30.2 Å². The van der Waals surface area contributed by atoms with Crippen molar-refractivity contribution in [1.29, 1.82) is 0 Å². The molecule has 1 aromatic carbocycles. The van der Waals surface area contributed by atoms with E-state index in [4.69, 9.17) is 16.3 Å². The first-order valence-electron chi connectivity index (χ1n) is 6.62. The van der Waals surface area contributed by atoms with Crippen LogP contribution in [0.3, 0.4) is 0 Å². The first-order valence-corrected chi connectivity index (χ1v) is 8.08. The van der Waals surface area contributed by atoms with E-state index in [9.17, 15) is 22.8 Å². The molecule has 0 bridgehead atoms. The first-order chi connectivity index (χ1) is 11.7. The molecular formula is C15H9ClF3IN2O3. The van der Waals surface area contributed by atoms with Crippen molar-refractivity contribution in [2.45, 2.75) is 6.18 Å². The molecule has 0 radical (unpaired) electrons. The molecule has 0 saturated heterocycles. The largest absolute Gasteiger partial charge is 0.452 e. The molecule has 5 nitrogen and oxygen atoms in total. The highest BCUT2D eigenvalue weighted by molar-refractivity contribution is 14.1. The Kier molecular flexibility index (Phi) is 6.22. The van der Waals surface area contributed by atoms with Gasteiger partial charge in [-0.3, -0.25) is 4.79 Å². The van der Waals surface area contributed by atoms with E-state index in [1.54, 1.807) is 12.1 Å². The molecule has 1 N–H and O–H groups in total. The fourth-order valence-electron chi connectivity index (χ4n) is 1.65. The lowest BCUT2D eigenvalue weighted by Gasteiger charge is -2.10. The van der Waals surface area contributed by atoms with Gasteiger partial charge in [0.25, 0.3) is 5.91 Å². The first kappa shape index (κ1) is 19.4. The fraction of sp³-hybridized carbons (Fsp3) is 0.133. The van der Waals surface area contributed by atoms with Gasteiger partial charge in [-0.25, -0.2) is 9.78 Å². The second kappa shape index (κ2) is 8.00. The molecule has 25 heavy (non-hydrogen) atoms. The van der Waals surface area contributed by atoms with Crippen molar-refractivity contribution in [2.24, 2.45) is 0 Å². The van der Waals surface area contributed by atoms with Crippen LogP contribution in [0.5, 0.6) is 0 Å². The number of amides is 1. The molecule has 10 heteroatoms. The number of halogens is 5. The number of nitrogens with zero attached hydrogens (tertiary/aromatic N) is 1. The number of pyridine rings is 1. The zero-order chi connectivity index (χ0) is 18.6. The quantitative estimate of drug-likeness (QED) is 0.523. The number of benzene rings is 1.